The number of ether oxygens (including phenoxy) is 1. The Morgan fingerprint density at radius 2 is 1.90 bits per heavy atom. The van der Waals surface area contributed by atoms with Gasteiger partial charge in [0.1, 0.15) is 16.3 Å². The fourth-order valence-electron chi connectivity index (χ4n) is 2.74. The largest absolute Gasteiger partial charge is 0.486 e. The van der Waals surface area contributed by atoms with Gasteiger partial charge in [-0.05, 0) is 48.0 Å². The second-order valence-electron chi connectivity index (χ2n) is 6.12. The second kappa shape index (κ2) is 8.59. The van der Waals surface area contributed by atoms with Crippen molar-refractivity contribution in [2.24, 2.45) is 0 Å². The van der Waals surface area contributed by atoms with Gasteiger partial charge in [-0.2, -0.15) is 0 Å². The lowest BCUT2D eigenvalue weighted by atomic mass is 10.2. The van der Waals surface area contributed by atoms with Crippen molar-refractivity contribution in [1.29, 1.82) is 0 Å². The van der Waals surface area contributed by atoms with Crippen molar-refractivity contribution in [3.05, 3.63) is 86.3 Å². The van der Waals surface area contributed by atoms with E-state index in [1.165, 1.54) is 11.3 Å². The number of fused-ring (bicyclic) bond motifs is 1. The molecular weight excluding hydrogens is 451 g/mol. The number of nitrogens with zero attached hydrogens (tertiary/aromatic N) is 1. The maximum Gasteiger partial charge on any atom is 0.269 e. The minimum atomic E-state index is -0.292. The molecule has 146 valence electrons. The molecule has 29 heavy (non-hydrogen) atoms. The van der Waals surface area contributed by atoms with E-state index < -0.39 is 0 Å². The molecule has 0 fully saturated rings. The predicted molar refractivity (Wildman–Crippen MR) is 120 cm³/mol. The summed E-state index contributed by atoms with van der Waals surface area (Å²) in [4.78, 5) is 18.4. The van der Waals surface area contributed by atoms with Crippen LogP contribution in [0.5, 0.6) is 5.75 Å². The van der Waals surface area contributed by atoms with Crippen LogP contribution >= 0.6 is 46.1 Å². The minimum Gasteiger partial charge on any atom is -0.486 e. The number of aromatic nitrogens is 1. The predicted octanol–water partition coefficient (Wildman–Crippen LogP) is 7.09. The third kappa shape index (κ3) is 4.49. The van der Waals surface area contributed by atoms with Crippen molar-refractivity contribution < 1.29 is 9.53 Å². The average Bonchev–Trinajstić information content (AvgIpc) is 3.08. The van der Waals surface area contributed by atoms with Crippen molar-refractivity contribution in [2.45, 2.75) is 6.61 Å². The molecule has 1 amide bonds. The standard InChI is InChI=1S/C21H13Cl3N2O2S/c22-13-3-1-4-14(10-13)26-20(27)19-18(15-5-2-8-25-21(15)29-19)28-11-12-6-7-16(23)17(24)9-12/h1-10H,11H2,(H,26,27). The third-order valence-corrected chi connectivity index (χ3v) is 6.14. The summed E-state index contributed by atoms with van der Waals surface area (Å²) < 4.78 is 6.04. The Balaban J connectivity index is 1.64. The molecule has 2 aromatic heterocycles. The first-order valence-corrected chi connectivity index (χ1v) is 10.5. The quantitative estimate of drug-likeness (QED) is 0.344. The molecular formula is C21H13Cl3N2O2S. The monoisotopic (exact) mass is 462 g/mol. The van der Waals surface area contributed by atoms with Gasteiger partial charge in [-0.15, -0.1) is 11.3 Å². The Hall–Kier alpha value is -2.31. The van der Waals surface area contributed by atoms with Crippen LogP contribution in [-0.2, 0) is 6.61 Å². The highest BCUT2D eigenvalue weighted by Gasteiger charge is 2.21. The van der Waals surface area contributed by atoms with Crippen LogP contribution in [0, 0.1) is 0 Å². The molecule has 2 aromatic carbocycles. The normalized spacial score (nSPS) is 10.9. The van der Waals surface area contributed by atoms with Crippen LogP contribution in [0.15, 0.2) is 60.8 Å². The first-order chi connectivity index (χ1) is 14.0. The first kappa shape index (κ1) is 20.0. The molecule has 0 aliphatic carbocycles. The molecule has 0 saturated carbocycles. The maximum atomic E-state index is 12.9. The molecule has 4 aromatic rings. The SMILES string of the molecule is O=C(Nc1cccc(Cl)c1)c1sc2ncccc2c1OCc1ccc(Cl)c(Cl)c1. The highest BCUT2D eigenvalue weighted by Crippen LogP contribution is 2.38. The van der Waals surface area contributed by atoms with E-state index in [-0.39, 0.29) is 12.5 Å². The van der Waals surface area contributed by atoms with Crippen LogP contribution in [0.25, 0.3) is 10.2 Å². The van der Waals surface area contributed by atoms with Gasteiger partial charge in [0.2, 0.25) is 0 Å². The summed E-state index contributed by atoms with van der Waals surface area (Å²) in [6, 6.07) is 15.9. The fourth-order valence-corrected chi connectivity index (χ4v) is 4.24. The van der Waals surface area contributed by atoms with Gasteiger partial charge < -0.3 is 10.1 Å². The van der Waals surface area contributed by atoms with Crippen LogP contribution in [0.4, 0.5) is 5.69 Å². The van der Waals surface area contributed by atoms with E-state index in [1.54, 1.807) is 48.7 Å². The number of pyridine rings is 1. The number of nitrogens with one attached hydrogen (secondary N) is 1. The maximum absolute atomic E-state index is 12.9. The number of halogens is 3. The Bertz CT molecular complexity index is 1210. The van der Waals surface area contributed by atoms with Crippen LogP contribution in [0.3, 0.4) is 0 Å². The van der Waals surface area contributed by atoms with E-state index in [2.05, 4.69) is 10.3 Å². The molecule has 0 saturated heterocycles. The van der Waals surface area contributed by atoms with Crippen molar-refractivity contribution in [1.82, 2.24) is 4.98 Å². The number of thiophene rings is 1. The zero-order valence-corrected chi connectivity index (χ0v) is 17.9. The minimum absolute atomic E-state index is 0.231. The summed E-state index contributed by atoms with van der Waals surface area (Å²) in [5.41, 5.74) is 1.44. The number of amides is 1. The lowest BCUT2D eigenvalue weighted by Gasteiger charge is -2.10. The van der Waals surface area contributed by atoms with Crippen LogP contribution in [-0.4, -0.2) is 10.9 Å². The zero-order valence-electron chi connectivity index (χ0n) is 14.8. The van der Waals surface area contributed by atoms with E-state index >= 15 is 0 Å². The number of carbonyl (C=O) groups is 1. The van der Waals surface area contributed by atoms with Crippen LogP contribution in [0.1, 0.15) is 15.2 Å². The molecule has 0 bridgehead atoms. The van der Waals surface area contributed by atoms with Crippen LogP contribution < -0.4 is 10.1 Å². The summed E-state index contributed by atoms with van der Waals surface area (Å²) in [6.07, 6.45) is 1.68. The number of rotatable bonds is 5. The molecule has 8 heteroatoms. The molecule has 4 rings (SSSR count). The zero-order chi connectivity index (χ0) is 20.4. The Labute approximate surface area is 186 Å². The topological polar surface area (TPSA) is 51.2 Å². The molecule has 0 radical (unpaired) electrons. The highest BCUT2D eigenvalue weighted by atomic mass is 35.5. The molecule has 0 unspecified atom stereocenters. The van der Waals surface area contributed by atoms with E-state index in [4.69, 9.17) is 39.5 Å². The number of anilines is 1. The van der Waals surface area contributed by atoms with Gasteiger partial charge in [-0.25, -0.2) is 4.98 Å². The molecule has 0 aliphatic heterocycles. The fraction of sp³-hybridized carbons (Fsp3) is 0.0476. The molecule has 4 nitrogen and oxygen atoms in total. The van der Waals surface area contributed by atoms with Gasteiger partial charge in [0.05, 0.1) is 15.4 Å². The van der Waals surface area contributed by atoms with Gasteiger partial charge in [-0.1, -0.05) is 46.9 Å². The molecule has 0 aliphatic rings. The van der Waals surface area contributed by atoms with Gasteiger partial charge in [0.15, 0.2) is 5.75 Å². The Kier molecular flexibility index (Phi) is 5.92. The highest BCUT2D eigenvalue weighted by molar-refractivity contribution is 7.21. The van der Waals surface area contributed by atoms with Gasteiger partial charge >= 0.3 is 0 Å². The molecule has 1 N–H and O–H groups in total. The average molecular weight is 464 g/mol. The lowest BCUT2D eigenvalue weighted by molar-refractivity contribution is 0.102. The summed E-state index contributed by atoms with van der Waals surface area (Å²) >= 11 is 19.3. The first-order valence-electron chi connectivity index (χ1n) is 8.52. The third-order valence-electron chi connectivity index (χ3n) is 4.08. The number of benzene rings is 2. The van der Waals surface area contributed by atoms with Crippen molar-refractivity contribution in [2.75, 3.05) is 5.32 Å². The van der Waals surface area contributed by atoms with Gasteiger partial charge in [0, 0.05) is 16.9 Å². The Morgan fingerprint density at radius 3 is 2.69 bits per heavy atom. The summed E-state index contributed by atoms with van der Waals surface area (Å²) in [6.45, 7) is 0.231. The summed E-state index contributed by atoms with van der Waals surface area (Å²) in [5, 5.41) is 5.09. The van der Waals surface area contributed by atoms with Crippen LogP contribution in [0.2, 0.25) is 15.1 Å². The van der Waals surface area contributed by atoms with E-state index in [9.17, 15) is 4.79 Å². The molecule has 2 heterocycles. The van der Waals surface area contributed by atoms with E-state index in [0.717, 1.165) is 10.9 Å². The molecule has 0 spiro atoms. The smallest absolute Gasteiger partial charge is 0.269 e. The summed E-state index contributed by atoms with van der Waals surface area (Å²) in [7, 11) is 0. The molecule has 0 atom stereocenters. The van der Waals surface area contributed by atoms with E-state index in [1.807, 2.05) is 12.1 Å². The lowest BCUT2D eigenvalue weighted by Crippen LogP contribution is -2.11. The van der Waals surface area contributed by atoms with Crippen molar-refractivity contribution >= 4 is 68.0 Å². The van der Waals surface area contributed by atoms with Gasteiger partial charge in [0.25, 0.3) is 5.91 Å². The second-order valence-corrected chi connectivity index (χ2v) is 8.37. The number of hydrogen-bond acceptors (Lipinski definition) is 4. The van der Waals surface area contributed by atoms with Crippen molar-refractivity contribution in [3.63, 3.8) is 0 Å². The van der Waals surface area contributed by atoms with E-state index in [0.29, 0.717) is 36.2 Å². The van der Waals surface area contributed by atoms with Gasteiger partial charge in [-0.3, -0.25) is 4.79 Å². The Morgan fingerprint density at radius 1 is 1.03 bits per heavy atom. The number of hydrogen-bond donors (Lipinski definition) is 1. The van der Waals surface area contributed by atoms with Crippen molar-refractivity contribution in [3.8, 4) is 5.75 Å². The summed E-state index contributed by atoms with van der Waals surface area (Å²) in [5.74, 6) is 0.183. The number of carbonyl (C=O) groups excluding carboxylic acids is 1.